The van der Waals surface area contributed by atoms with Crippen LogP contribution in [0.4, 0.5) is 0 Å². The van der Waals surface area contributed by atoms with Crippen LogP contribution >= 0.6 is 0 Å². The third-order valence-corrected chi connectivity index (χ3v) is 2.76. The zero-order valence-corrected chi connectivity index (χ0v) is 11.7. The van der Waals surface area contributed by atoms with Gasteiger partial charge in [-0.15, -0.1) is 0 Å². The van der Waals surface area contributed by atoms with Crippen LogP contribution < -0.4 is 15.6 Å². The van der Waals surface area contributed by atoms with Crippen LogP contribution in [0.1, 0.15) is 23.0 Å². The zero-order chi connectivity index (χ0) is 15.1. The van der Waals surface area contributed by atoms with Crippen LogP contribution in [0.5, 0.6) is 5.75 Å². The maximum absolute atomic E-state index is 11.7. The average molecular weight is 287 g/mol. The van der Waals surface area contributed by atoms with E-state index >= 15 is 0 Å². The van der Waals surface area contributed by atoms with E-state index in [9.17, 15) is 9.59 Å². The van der Waals surface area contributed by atoms with Crippen LogP contribution in [-0.2, 0) is 11.2 Å². The van der Waals surface area contributed by atoms with Crippen LogP contribution in [0.25, 0.3) is 0 Å². The molecule has 0 aliphatic rings. The van der Waals surface area contributed by atoms with Gasteiger partial charge in [0.2, 0.25) is 5.91 Å². The highest BCUT2D eigenvalue weighted by Gasteiger charge is 2.08. The number of H-pyrrole nitrogens is 1. The van der Waals surface area contributed by atoms with Crippen molar-refractivity contribution in [2.45, 2.75) is 13.3 Å². The van der Waals surface area contributed by atoms with E-state index in [2.05, 4.69) is 15.8 Å². The summed E-state index contributed by atoms with van der Waals surface area (Å²) < 4.78 is 5.33. The van der Waals surface area contributed by atoms with Gasteiger partial charge in [0.15, 0.2) is 0 Å². The van der Waals surface area contributed by atoms with Gasteiger partial charge in [-0.05, 0) is 36.8 Å². The van der Waals surface area contributed by atoms with E-state index in [1.54, 1.807) is 18.3 Å². The summed E-state index contributed by atoms with van der Waals surface area (Å²) in [6.45, 7) is 2.51. The lowest BCUT2D eigenvalue weighted by Gasteiger charge is -2.07. The molecule has 0 spiro atoms. The summed E-state index contributed by atoms with van der Waals surface area (Å²) in [5, 5.41) is 0. The molecule has 1 heterocycles. The van der Waals surface area contributed by atoms with Gasteiger partial charge >= 0.3 is 0 Å². The maximum atomic E-state index is 11.7. The van der Waals surface area contributed by atoms with Gasteiger partial charge in [-0.2, -0.15) is 0 Å². The number of aromatic amines is 1. The number of carbonyl (C=O) groups excluding carboxylic acids is 2. The Morgan fingerprint density at radius 1 is 1.14 bits per heavy atom. The smallest absolute Gasteiger partial charge is 0.286 e. The lowest BCUT2D eigenvalue weighted by molar-refractivity contribution is -0.121. The summed E-state index contributed by atoms with van der Waals surface area (Å²) in [6.07, 6.45) is 1.81. The molecule has 21 heavy (non-hydrogen) atoms. The molecule has 3 N–H and O–H groups in total. The number of rotatable bonds is 5. The van der Waals surface area contributed by atoms with Crippen LogP contribution in [0.15, 0.2) is 42.6 Å². The number of benzene rings is 1. The molecule has 6 nitrogen and oxygen atoms in total. The summed E-state index contributed by atoms with van der Waals surface area (Å²) in [7, 11) is 0. The lowest BCUT2D eigenvalue weighted by Crippen LogP contribution is -2.42. The second-order valence-corrected chi connectivity index (χ2v) is 4.34. The average Bonchev–Trinajstić information content (AvgIpc) is 3.01. The second kappa shape index (κ2) is 7.14. The highest BCUT2D eigenvalue weighted by molar-refractivity contribution is 5.93. The first-order valence-corrected chi connectivity index (χ1v) is 6.63. The molecule has 1 aromatic carbocycles. The van der Waals surface area contributed by atoms with Crippen LogP contribution in [0.3, 0.4) is 0 Å². The van der Waals surface area contributed by atoms with Gasteiger partial charge in [0, 0.05) is 6.20 Å². The maximum Gasteiger partial charge on any atom is 0.286 e. The molecule has 6 heteroatoms. The first-order chi connectivity index (χ1) is 10.2. The Kier molecular flexibility index (Phi) is 4.98. The van der Waals surface area contributed by atoms with Crippen molar-refractivity contribution in [1.29, 1.82) is 0 Å². The van der Waals surface area contributed by atoms with Crippen LogP contribution in [0.2, 0.25) is 0 Å². The highest BCUT2D eigenvalue weighted by Crippen LogP contribution is 2.12. The second-order valence-electron chi connectivity index (χ2n) is 4.34. The number of hydrogen-bond donors (Lipinski definition) is 3. The molecule has 0 saturated carbocycles. The third kappa shape index (κ3) is 4.38. The van der Waals surface area contributed by atoms with Crippen molar-refractivity contribution in [2.24, 2.45) is 0 Å². The molecule has 0 aliphatic heterocycles. The molecule has 2 amide bonds. The van der Waals surface area contributed by atoms with E-state index in [0.29, 0.717) is 12.3 Å². The van der Waals surface area contributed by atoms with Crippen molar-refractivity contribution >= 4 is 11.8 Å². The van der Waals surface area contributed by atoms with E-state index < -0.39 is 0 Å². The van der Waals surface area contributed by atoms with Crippen molar-refractivity contribution in [3.05, 3.63) is 53.9 Å². The minimum atomic E-state index is -0.389. The van der Waals surface area contributed by atoms with Crippen molar-refractivity contribution in [2.75, 3.05) is 6.61 Å². The van der Waals surface area contributed by atoms with Gasteiger partial charge in [-0.25, -0.2) is 0 Å². The van der Waals surface area contributed by atoms with Crippen LogP contribution in [-0.4, -0.2) is 23.4 Å². The Morgan fingerprint density at radius 3 is 2.52 bits per heavy atom. The van der Waals surface area contributed by atoms with E-state index in [-0.39, 0.29) is 18.2 Å². The predicted molar refractivity (Wildman–Crippen MR) is 77.7 cm³/mol. The van der Waals surface area contributed by atoms with Gasteiger partial charge in [-0.3, -0.25) is 20.4 Å². The highest BCUT2D eigenvalue weighted by atomic mass is 16.5. The normalized spacial score (nSPS) is 9.95. The summed E-state index contributed by atoms with van der Waals surface area (Å²) >= 11 is 0. The third-order valence-electron chi connectivity index (χ3n) is 2.76. The summed E-state index contributed by atoms with van der Waals surface area (Å²) in [5.74, 6) is 0.0841. The van der Waals surface area contributed by atoms with Gasteiger partial charge < -0.3 is 9.72 Å². The zero-order valence-electron chi connectivity index (χ0n) is 11.7. The molecule has 2 aromatic rings. The first kappa shape index (κ1) is 14.6. The van der Waals surface area contributed by atoms with Crippen molar-refractivity contribution in [3.63, 3.8) is 0 Å². The van der Waals surface area contributed by atoms with Gasteiger partial charge in [0.05, 0.1) is 13.0 Å². The molecule has 1 aromatic heterocycles. The molecule has 0 bridgehead atoms. The first-order valence-electron chi connectivity index (χ1n) is 6.63. The standard InChI is InChI=1S/C15H17N3O3/c1-2-21-12-7-5-11(6-8-12)10-14(19)17-18-15(20)13-4-3-9-16-13/h3-9,16H,2,10H2,1H3,(H,17,19)(H,18,20). The van der Waals surface area contributed by atoms with Gasteiger partial charge in [0.1, 0.15) is 11.4 Å². The van der Waals surface area contributed by atoms with Gasteiger partial charge in [-0.1, -0.05) is 12.1 Å². The topological polar surface area (TPSA) is 83.2 Å². The number of hydrogen-bond acceptors (Lipinski definition) is 3. The SMILES string of the molecule is CCOc1ccc(CC(=O)NNC(=O)c2ccc[nH]2)cc1. The summed E-state index contributed by atoms with van der Waals surface area (Å²) in [5.41, 5.74) is 5.94. The Hall–Kier alpha value is -2.76. The van der Waals surface area contributed by atoms with Crippen molar-refractivity contribution < 1.29 is 14.3 Å². The molecular formula is C15H17N3O3. The summed E-state index contributed by atoms with van der Waals surface area (Å²) in [4.78, 5) is 26.1. The Balaban J connectivity index is 1.80. The quantitative estimate of drug-likeness (QED) is 0.727. The lowest BCUT2D eigenvalue weighted by atomic mass is 10.1. The molecule has 0 atom stereocenters. The van der Waals surface area contributed by atoms with Gasteiger partial charge in [0.25, 0.3) is 5.91 Å². The minimum absolute atomic E-state index is 0.178. The van der Waals surface area contributed by atoms with E-state index in [0.717, 1.165) is 11.3 Å². The van der Waals surface area contributed by atoms with E-state index in [4.69, 9.17) is 4.74 Å². The Labute approximate surface area is 122 Å². The monoisotopic (exact) mass is 287 g/mol. The number of hydrazine groups is 1. The Bertz CT molecular complexity index is 591. The fraction of sp³-hybridized carbons (Fsp3) is 0.200. The predicted octanol–water partition coefficient (Wildman–Crippen LogP) is 1.42. The molecule has 0 aliphatic carbocycles. The summed E-state index contributed by atoms with van der Waals surface area (Å²) in [6, 6.07) is 10.6. The number of amides is 2. The molecule has 0 radical (unpaired) electrons. The molecule has 2 rings (SSSR count). The number of aromatic nitrogens is 1. The molecule has 110 valence electrons. The number of ether oxygens (including phenoxy) is 1. The Morgan fingerprint density at radius 2 is 1.90 bits per heavy atom. The van der Waals surface area contributed by atoms with Crippen LogP contribution in [0, 0.1) is 0 Å². The largest absolute Gasteiger partial charge is 0.494 e. The molecule has 0 unspecified atom stereocenters. The van der Waals surface area contributed by atoms with Crippen molar-refractivity contribution in [1.82, 2.24) is 15.8 Å². The van der Waals surface area contributed by atoms with E-state index in [1.807, 2.05) is 31.2 Å². The molecular weight excluding hydrogens is 270 g/mol. The van der Waals surface area contributed by atoms with E-state index in [1.165, 1.54) is 0 Å². The number of nitrogens with one attached hydrogen (secondary N) is 3. The fourth-order valence-corrected chi connectivity index (χ4v) is 1.77. The van der Waals surface area contributed by atoms with Crippen molar-refractivity contribution in [3.8, 4) is 5.75 Å². The molecule has 0 saturated heterocycles. The molecule has 0 fully saturated rings. The fourth-order valence-electron chi connectivity index (χ4n) is 1.77. The number of carbonyl (C=O) groups is 2. The minimum Gasteiger partial charge on any atom is -0.494 e.